The van der Waals surface area contributed by atoms with Gasteiger partial charge in [0, 0.05) is 43.4 Å². The fourth-order valence-electron chi connectivity index (χ4n) is 3.29. The first-order valence-electron chi connectivity index (χ1n) is 8.82. The molecule has 0 unspecified atom stereocenters. The third-order valence-corrected chi connectivity index (χ3v) is 4.66. The first-order chi connectivity index (χ1) is 12.7. The van der Waals surface area contributed by atoms with Crippen molar-refractivity contribution in [3.63, 3.8) is 0 Å². The number of amides is 2. The summed E-state index contributed by atoms with van der Waals surface area (Å²) >= 11 is 0. The minimum absolute atomic E-state index is 0.120. The number of anilines is 1. The molecule has 0 aliphatic carbocycles. The van der Waals surface area contributed by atoms with E-state index in [9.17, 15) is 9.59 Å². The molecule has 1 fully saturated rings. The summed E-state index contributed by atoms with van der Waals surface area (Å²) in [6.07, 6.45) is 5.95. The van der Waals surface area contributed by atoms with E-state index in [0.717, 1.165) is 30.0 Å². The van der Waals surface area contributed by atoms with Crippen LogP contribution in [0.25, 0.3) is 5.52 Å². The van der Waals surface area contributed by atoms with Crippen LogP contribution in [0, 0.1) is 0 Å². The molecule has 6 nitrogen and oxygen atoms in total. The van der Waals surface area contributed by atoms with E-state index in [1.54, 1.807) is 17.0 Å². The fraction of sp³-hybridized carbons (Fsp3) is 0.250. The fourth-order valence-corrected chi connectivity index (χ4v) is 3.29. The van der Waals surface area contributed by atoms with Gasteiger partial charge in [-0.3, -0.25) is 9.59 Å². The molecule has 1 saturated heterocycles. The second kappa shape index (κ2) is 7.00. The van der Waals surface area contributed by atoms with Crippen LogP contribution in [0.4, 0.5) is 5.69 Å². The van der Waals surface area contributed by atoms with Crippen LogP contribution < -0.4 is 10.2 Å². The Balaban J connectivity index is 1.35. The van der Waals surface area contributed by atoms with Crippen molar-refractivity contribution in [3.8, 4) is 0 Å². The molecule has 0 radical (unpaired) electrons. The lowest BCUT2D eigenvalue weighted by atomic mass is 10.2. The number of carbonyl (C=O) groups is 2. The van der Waals surface area contributed by atoms with Crippen molar-refractivity contribution in [1.29, 1.82) is 0 Å². The molecule has 3 heterocycles. The third kappa shape index (κ3) is 3.18. The zero-order chi connectivity index (χ0) is 17.9. The highest BCUT2D eigenvalue weighted by Gasteiger charge is 2.21. The summed E-state index contributed by atoms with van der Waals surface area (Å²) in [4.78, 5) is 30.3. The number of nitrogens with one attached hydrogen (secondary N) is 1. The van der Waals surface area contributed by atoms with E-state index in [0.29, 0.717) is 24.9 Å². The molecule has 132 valence electrons. The minimum atomic E-state index is -0.120. The predicted octanol–water partition coefficient (Wildman–Crippen LogP) is 2.43. The Morgan fingerprint density at radius 1 is 1.15 bits per heavy atom. The molecular formula is C20H20N4O2. The number of benzene rings is 1. The standard InChI is InChI=1S/C20H20N4O2/c25-19-5-3-13-24(19)16-8-6-15(7-9-16)20(26)21-11-10-18-22-14-17-4-1-2-12-23(17)18/h1-2,4,6-9,12,14H,3,5,10-11,13H2,(H,21,26). The van der Waals surface area contributed by atoms with Crippen molar-refractivity contribution >= 4 is 23.0 Å². The van der Waals surface area contributed by atoms with Gasteiger partial charge in [-0.2, -0.15) is 0 Å². The van der Waals surface area contributed by atoms with Crippen LogP contribution in [0.5, 0.6) is 0 Å². The molecular weight excluding hydrogens is 328 g/mol. The number of rotatable bonds is 5. The summed E-state index contributed by atoms with van der Waals surface area (Å²) in [6.45, 7) is 1.27. The van der Waals surface area contributed by atoms with Crippen LogP contribution in [0.1, 0.15) is 29.0 Å². The summed E-state index contributed by atoms with van der Waals surface area (Å²) in [6, 6.07) is 13.1. The number of hydrogen-bond donors (Lipinski definition) is 1. The monoisotopic (exact) mass is 348 g/mol. The van der Waals surface area contributed by atoms with Crippen molar-refractivity contribution < 1.29 is 9.59 Å². The number of nitrogens with zero attached hydrogens (tertiary/aromatic N) is 3. The average molecular weight is 348 g/mol. The second-order valence-corrected chi connectivity index (χ2v) is 6.37. The van der Waals surface area contributed by atoms with Gasteiger partial charge in [0.15, 0.2) is 0 Å². The number of pyridine rings is 1. The molecule has 0 spiro atoms. The van der Waals surface area contributed by atoms with Gasteiger partial charge in [0.25, 0.3) is 5.91 Å². The molecule has 3 aromatic rings. The number of hydrogen-bond acceptors (Lipinski definition) is 3. The molecule has 1 aliphatic rings. The van der Waals surface area contributed by atoms with Crippen LogP contribution in [0.2, 0.25) is 0 Å². The van der Waals surface area contributed by atoms with Gasteiger partial charge in [-0.15, -0.1) is 0 Å². The van der Waals surface area contributed by atoms with Crippen molar-refractivity contribution in [2.45, 2.75) is 19.3 Å². The Morgan fingerprint density at radius 2 is 2.00 bits per heavy atom. The summed E-state index contributed by atoms with van der Waals surface area (Å²) < 4.78 is 2.02. The van der Waals surface area contributed by atoms with E-state index in [-0.39, 0.29) is 11.8 Å². The lowest BCUT2D eigenvalue weighted by Crippen LogP contribution is -2.26. The summed E-state index contributed by atoms with van der Waals surface area (Å²) in [7, 11) is 0. The van der Waals surface area contributed by atoms with E-state index in [4.69, 9.17) is 0 Å². The maximum Gasteiger partial charge on any atom is 0.251 e. The SMILES string of the molecule is O=C(NCCc1ncc2ccccn12)c1ccc(N2CCCC2=O)cc1. The van der Waals surface area contributed by atoms with E-state index >= 15 is 0 Å². The Hall–Kier alpha value is -3.15. The summed E-state index contributed by atoms with van der Waals surface area (Å²) in [5, 5.41) is 2.93. The highest BCUT2D eigenvalue weighted by Crippen LogP contribution is 2.21. The Kier molecular flexibility index (Phi) is 4.39. The lowest BCUT2D eigenvalue weighted by Gasteiger charge is -2.15. The number of imidazole rings is 1. The van der Waals surface area contributed by atoms with E-state index in [1.807, 2.05) is 47.1 Å². The molecule has 2 amide bonds. The topological polar surface area (TPSA) is 66.7 Å². The molecule has 0 saturated carbocycles. The zero-order valence-corrected chi connectivity index (χ0v) is 14.4. The second-order valence-electron chi connectivity index (χ2n) is 6.37. The Labute approximate surface area is 151 Å². The number of aromatic nitrogens is 2. The molecule has 0 bridgehead atoms. The van der Waals surface area contributed by atoms with Crippen LogP contribution in [0.15, 0.2) is 54.9 Å². The molecule has 4 rings (SSSR count). The highest BCUT2D eigenvalue weighted by atomic mass is 16.2. The molecule has 0 atom stereocenters. The van der Waals surface area contributed by atoms with Crippen LogP contribution in [0.3, 0.4) is 0 Å². The summed E-state index contributed by atoms with van der Waals surface area (Å²) in [5.41, 5.74) is 2.49. The van der Waals surface area contributed by atoms with E-state index < -0.39 is 0 Å². The van der Waals surface area contributed by atoms with Gasteiger partial charge in [-0.05, 0) is 42.8 Å². The minimum Gasteiger partial charge on any atom is -0.352 e. The Bertz CT molecular complexity index is 946. The smallest absolute Gasteiger partial charge is 0.251 e. The molecule has 1 aliphatic heterocycles. The van der Waals surface area contributed by atoms with E-state index in [2.05, 4.69) is 10.3 Å². The largest absolute Gasteiger partial charge is 0.352 e. The Morgan fingerprint density at radius 3 is 2.77 bits per heavy atom. The van der Waals surface area contributed by atoms with Crippen LogP contribution in [-0.2, 0) is 11.2 Å². The maximum atomic E-state index is 12.3. The van der Waals surface area contributed by atoms with E-state index in [1.165, 1.54) is 0 Å². The van der Waals surface area contributed by atoms with Gasteiger partial charge in [0.2, 0.25) is 5.91 Å². The zero-order valence-electron chi connectivity index (χ0n) is 14.4. The average Bonchev–Trinajstić information content (AvgIpc) is 3.28. The van der Waals surface area contributed by atoms with Gasteiger partial charge in [0.1, 0.15) is 5.82 Å². The van der Waals surface area contributed by atoms with Crippen LogP contribution >= 0.6 is 0 Å². The first kappa shape index (κ1) is 16.3. The lowest BCUT2D eigenvalue weighted by molar-refractivity contribution is -0.117. The summed E-state index contributed by atoms with van der Waals surface area (Å²) in [5.74, 6) is 0.947. The van der Waals surface area contributed by atoms with Crippen molar-refractivity contribution in [3.05, 3.63) is 66.2 Å². The molecule has 1 N–H and O–H groups in total. The van der Waals surface area contributed by atoms with Gasteiger partial charge < -0.3 is 14.6 Å². The molecule has 6 heteroatoms. The first-order valence-corrected chi connectivity index (χ1v) is 8.82. The van der Waals surface area contributed by atoms with Crippen LogP contribution in [-0.4, -0.2) is 34.3 Å². The predicted molar refractivity (Wildman–Crippen MR) is 99.3 cm³/mol. The van der Waals surface area contributed by atoms with Gasteiger partial charge in [-0.1, -0.05) is 6.07 Å². The maximum absolute atomic E-state index is 12.3. The van der Waals surface area contributed by atoms with Crippen molar-refractivity contribution in [2.24, 2.45) is 0 Å². The highest BCUT2D eigenvalue weighted by molar-refractivity contribution is 5.97. The number of carbonyl (C=O) groups excluding carboxylic acids is 2. The molecule has 2 aromatic heterocycles. The molecule has 26 heavy (non-hydrogen) atoms. The van der Waals surface area contributed by atoms with Crippen molar-refractivity contribution in [1.82, 2.24) is 14.7 Å². The van der Waals surface area contributed by atoms with Crippen molar-refractivity contribution in [2.75, 3.05) is 18.0 Å². The quantitative estimate of drug-likeness (QED) is 0.770. The van der Waals surface area contributed by atoms with Gasteiger partial charge >= 0.3 is 0 Å². The van der Waals surface area contributed by atoms with Gasteiger partial charge in [-0.25, -0.2) is 4.98 Å². The van der Waals surface area contributed by atoms with Gasteiger partial charge in [0.05, 0.1) is 11.7 Å². The normalized spacial score (nSPS) is 14.2. The molecule has 1 aromatic carbocycles. The number of fused-ring (bicyclic) bond motifs is 1. The third-order valence-electron chi connectivity index (χ3n) is 4.66.